The first-order chi connectivity index (χ1) is 16.1. The number of carbonyl (C=O) groups is 2. The fourth-order valence-corrected chi connectivity index (χ4v) is 4.03. The fraction of sp³-hybridized carbons (Fsp3) is 0.214. The van der Waals surface area contributed by atoms with Gasteiger partial charge in [-0.3, -0.25) is 9.59 Å². The molecule has 1 atom stereocenters. The standard InChI is InChI=1S/C28H27NO4/c1-2-3-17-33-23-16-10-15-22(18-23)25-24(26(30)21-13-8-5-9-14-21)27(31)28(32)29(25)19-20-11-6-4-7-12-20/h4-16,18,25,30H,2-3,17,19H2,1H3. The highest BCUT2D eigenvalue weighted by molar-refractivity contribution is 6.46. The summed E-state index contributed by atoms with van der Waals surface area (Å²) in [6, 6.07) is 25.1. The number of amides is 1. The Morgan fingerprint density at radius 2 is 1.64 bits per heavy atom. The molecule has 3 aromatic rings. The van der Waals surface area contributed by atoms with Crippen LogP contribution in [0.4, 0.5) is 0 Å². The zero-order valence-electron chi connectivity index (χ0n) is 18.6. The molecule has 5 heteroatoms. The van der Waals surface area contributed by atoms with E-state index in [-0.39, 0.29) is 17.9 Å². The third kappa shape index (κ3) is 4.82. The van der Waals surface area contributed by atoms with Gasteiger partial charge in [0.1, 0.15) is 11.5 Å². The van der Waals surface area contributed by atoms with Gasteiger partial charge in [0.05, 0.1) is 18.2 Å². The number of nitrogens with zero attached hydrogens (tertiary/aromatic N) is 1. The van der Waals surface area contributed by atoms with Crippen LogP contribution in [0.2, 0.25) is 0 Å². The van der Waals surface area contributed by atoms with Crippen molar-refractivity contribution in [3.05, 3.63) is 107 Å². The second-order valence-corrected chi connectivity index (χ2v) is 8.05. The molecule has 1 aliphatic heterocycles. The quantitative estimate of drug-likeness (QED) is 0.217. The van der Waals surface area contributed by atoms with Gasteiger partial charge in [0.15, 0.2) is 0 Å². The maximum absolute atomic E-state index is 13.2. The summed E-state index contributed by atoms with van der Waals surface area (Å²) in [5.74, 6) is -0.814. The van der Waals surface area contributed by atoms with Crippen molar-refractivity contribution in [2.75, 3.05) is 6.61 Å². The molecule has 1 heterocycles. The molecule has 1 saturated heterocycles. The van der Waals surface area contributed by atoms with Crippen LogP contribution in [0, 0.1) is 0 Å². The van der Waals surface area contributed by atoms with Gasteiger partial charge < -0.3 is 14.7 Å². The normalized spacial score (nSPS) is 17.4. The Kier molecular flexibility index (Phi) is 6.89. The van der Waals surface area contributed by atoms with E-state index in [0.717, 1.165) is 24.0 Å². The average Bonchev–Trinajstić information content (AvgIpc) is 3.10. The van der Waals surface area contributed by atoms with Crippen molar-refractivity contribution >= 4 is 17.4 Å². The zero-order valence-corrected chi connectivity index (χ0v) is 18.6. The van der Waals surface area contributed by atoms with Crippen LogP contribution in [0.3, 0.4) is 0 Å². The van der Waals surface area contributed by atoms with Crippen LogP contribution < -0.4 is 4.74 Å². The molecule has 0 spiro atoms. The summed E-state index contributed by atoms with van der Waals surface area (Å²) >= 11 is 0. The van der Waals surface area contributed by atoms with E-state index in [1.807, 2.05) is 60.7 Å². The van der Waals surface area contributed by atoms with Gasteiger partial charge in [0.2, 0.25) is 0 Å². The Balaban J connectivity index is 1.80. The number of rotatable bonds is 8. The van der Waals surface area contributed by atoms with Gasteiger partial charge in [-0.15, -0.1) is 0 Å². The van der Waals surface area contributed by atoms with Crippen molar-refractivity contribution in [2.24, 2.45) is 0 Å². The Morgan fingerprint density at radius 3 is 2.33 bits per heavy atom. The van der Waals surface area contributed by atoms with Crippen molar-refractivity contribution < 1.29 is 19.4 Å². The minimum atomic E-state index is -0.722. The number of carbonyl (C=O) groups excluding carboxylic acids is 2. The van der Waals surface area contributed by atoms with E-state index in [1.54, 1.807) is 24.3 Å². The summed E-state index contributed by atoms with van der Waals surface area (Å²) in [5, 5.41) is 11.1. The molecule has 0 saturated carbocycles. The molecule has 0 radical (unpaired) electrons. The van der Waals surface area contributed by atoms with Gasteiger partial charge in [-0.1, -0.05) is 86.1 Å². The number of hydrogen-bond acceptors (Lipinski definition) is 4. The lowest BCUT2D eigenvalue weighted by molar-refractivity contribution is -0.140. The molecule has 1 fully saturated rings. The highest BCUT2D eigenvalue weighted by Gasteiger charge is 2.46. The molecule has 3 aromatic carbocycles. The van der Waals surface area contributed by atoms with E-state index in [2.05, 4.69) is 6.92 Å². The van der Waals surface area contributed by atoms with Gasteiger partial charge >= 0.3 is 0 Å². The number of hydrogen-bond donors (Lipinski definition) is 1. The smallest absolute Gasteiger partial charge is 0.295 e. The molecule has 1 amide bonds. The SMILES string of the molecule is CCCCOc1cccc(C2C(=C(O)c3ccccc3)C(=O)C(=O)N2Cc2ccccc2)c1. The summed E-state index contributed by atoms with van der Waals surface area (Å²) < 4.78 is 5.87. The highest BCUT2D eigenvalue weighted by atomic mass is 16.5. The predicted molar refractivity (Wildman–Crippen MR) is 128 cm³/mol. The van der Waals surface area contributed by atoms with E-state index in [0.29, 0.717) is 17.9 Å². The number of Topliss-reactive ketones (excluding diaryl/α,β-unsaturated/α-hetero) is 1. The lowest BCUT2D eigenvalue weighted by atomic mass is 9.95. The first-order valence-electron chi connectivity index (χ1n) is 11.2. The molecule has 4 rings (SSSR count). The van der Waals surface area contributed by atoms with Gasteiger partial charge in [-0.25, -0.2) is 0 Å². The predicted octanol–water partition coefficient (Wildman–Crippen LogP) is 5.49. The highest BCUT2D eigenvalue weighted by Crippen LogP contribution is 2.41. The minimum Gasteiger partial charge on any atom is -0.507 e. The zero-order chi connectivity index (χ0) is 23.2. The maximum Gasteiger partial charge on any atom is 0.295 e. The van der Waals surface area contributed by atoms with E-state index in [4.69, 9.17) is 4.74 Å². The third-order valence-corrected chi connectivity index (χ3v) is 5.72. The van der Waals surface area contributed by atoms with E-state index in [9.17, 15) is 14.7 Å². The lowest BCUT2D eigenvalue weighted by Gasteiger charge is -2.26. The van der Waals surface area contributed by atoms with Crippen LogP contribution in [0.5, 0.6) is 5.75 Å². The van der Waals surface area contributed by atoms with Crippen molar-refractivity contribution in [1.82, 2.24) is 4.90 Å². The molecular formula is C28H27NO4. The van der Waals surface area contributed by atoms with Gasteiger partial charge in [-0.2, -0.15) is 0 Å². The van der Waals surface area contributed by atoms with Crippen LogP contribution in [0.25, 0.3) is 5.76 Å². The molecule has 0 aromatic heterocycles. The van der Waals surface area contributed by atoms with Gasteiger partial charge in [-0.05, 0) is 29.7 Å². The van der Waals surface area contributed by atoms with Crippen molar-refractivity contribution in [2.45, 2.75) is 32.4 Å². The number of ketones is 1. The Labute approximate surface area is 193 Å². The summed E-state index contributed by atoms with van der Waals surface area (Å²) in [7, 11) is 0. The minimum absolute atomic E-state index is 0.0906. The van der Waals surface area contributed by atoms with Crippen molar-refractivity contribution in [1.29, 1.82) is 0 Å². The maximum atomic E-state index is 13.2. The molecule has 5 nitrogen and oxygen atoms in total. The molecule has 1 N–H and O–H groups in total. The van der Waals surface area contributed by atoms with Crippen molar-refractivity contribution in [3.63, 3.8) is 0 Å². The third-order valence-electron chi connectivity index (χ3n) is 5.72. The van der Waals surface area contributed by atoms with E-state index in [1.165, 1.54) is 4.90 Å². The van der Waals surface area contributed by atoms with Crippen LogP contribution in [0.15, 0.2) is 90.5 Å². The van der Waals surface area contributed by atoms with Crippen LogP contribution in [0.1, 0.15) is 42.5 Å². The van der Waals surface area contributed by atoms with Crippen LogP contribution >= 0.6 is 0 Å². The second kappa shape index (κ2) is 10.2. The molecule has 1 unspecified atom stereocenters. The summed E-state index contributed by atoms with van der Waals surface area (Å²) in [4.78, 5) is 27.8. The van der Waals surface area contributed by atoms with E-state index >= 15 is 0 Å². The van der Waals surface area contributed by atoms with E-state index < -0.39 is 17.7 Å². The molecular weight excluding hydrogens is 414 g/mol. The lowest BCUT2D eigenvalue weighted by Crippen LogP contribution is -2.29. The first-order valence-corrected chi connectivity index (χ1v) is 11.2. The van der Waals surface area contributed by atoms with Crippen LogP contribution in [-0.2, 0) is 16.1 Å². The molecule has 1 aliphatic rings. The Bertz CT molecular complexity index is 1150. The number of unbranched alkanes of at least 4 members (excludes halogenated alkanes) is 1. The average molecular weight is 442 g/mol. The number of aliphatic hydroxyl groups is 1. The summed E-state index contributed by atoms with van der Waals surface area (Å²) in [6.07, 6.45) is 1.96. The second-order valence-electron chi connectivity index (χ2n) is 8.05. The molecule has 33 heavy (non-hydrogen) atoms. The monoisotopic (exact) mass is 441 g/mol. The Hall–Kier alpha value is -3.86. The largest absolute Gasteiger partial charge is 0.507 e. The fourth-order valence-electron chi connectivity index (χ4n) is 4.03. The Morgan fingerprint density at radius 1 is 0.939 bits per heavy atom. The first kappa shape index (κ1) is 22.3. The molecule has 168 valence electrons. The number of aliphatic hydroxyl groups excluding tert-OH is 1. The number of ether oxygens (including phenoxy) is 1. The van der Waals surface area contributed by atoms with Crippen molar-refractivity contribution in [3.8, 4) is 5.75 Å². The van der Waals surface area contributed by atoms with Crippen LogP contribution in [-0.4, -0.2) is 28.3 Å². The van der Waals surface area contributed by atoms with Gasteiger partial charge in [0, 0.05) is 12.1 Å². The number of likely N-dealkylation sites (tertiary alicyclic amines) is 1. The summed E-state index contributed by atoms with van der Waals surface area (Å²) in [6.45, 7) is 2.94. The van der Waals surface area contributed by atoms with Gasteiger partial charge in [0.25, 0.3) is 11.7 Å². The topological polar surface area (TPSA) is 66.8 Å². The number of benzene rings is 3. The summed E-state index contributed by atoms with van der Waals surface area (Å²) in [5.41, 5.74) is 2.21. The molecule has 0 bridgehead atoms. The molecule has 0 aliphatic carbocycles.